The van der Waals surface area contributed by atoms with Crippen LogP contribution in [0.3, 0.4) is 0 Å². The summed E-state index contributed by atoms with van der Waals surface area (Å²) in [6, 6.07) is 14.6. The smallest absolute Gasteiger partial charge is 0.226 e. The molecule has 1 heterocycles. The lowest BCUT2D eigenvalue weighted by atomic mass is 10.2. The highest BCUT2D eigenvalue weighted by atomic mass is 35.5. The summed E-state index contributed by atoms with van der Waals surface area (Å²) in [5.41, 5.74) is 1.57. The van der Waals surface area contributed by atoms with E-state index in [-0.39, 0.29) is 4.49 Å². The first kappa shape index (κ1) is 25.5. The Hall–Kier alpha value is -3.16. The first-order valence-corrected chi connectivity index (χ1v) is 11.6. The van der Waals surface area contributed by atoms with Crippen molar-refractivity contribution in [1.82, 2.24) is 9.78 Å². The van der Waals surface area contributed by atoms with Crippen LogP contribution in [0.5, 0.6) is 28.9 Å². The predicted octanol–water partition coefficient (Wildman–Crippen LogP) is 7.16. The summed E-state index contributed by atoms with van der Waals surface area (Å²) in [6.07, 6.45) is 5.22. The molecule has 2 aromatic carbocycles. The van der Waals surface area contributed by atoms with Gasteiger partial charge in [0, 0.05) is 7.05 Å². The lowest BCUT2D eigenvalue weighted by molar-refractivity contribution is 0.142. The minimum Gasteiger partial charge on any atom is -0.489 e. The highest BCUT2D eigenvalue weighted by Gasteiger charge is 2.14. The Balaban J connectivity index is 1.60. The Labute approximate surface area is 209 Å². The number of nitrogens with zero attached hydrogens (tertiary/aromatic N) is 3. The van der Waals surface area contributed by atoms with E-state index in [0.29, 0.717) is 42.1 Å². The van der Waals surface area contributed by atoms with Crippen molar-refractivity contribution in [2.45, 2.75) is 26.7 Å². The topological polar surface area (TPSA) is 67.1 Å². The molecular formula is C25H27Cl2N3O4. The van der Waals surface area contributed by atoms with Gasteiger partial charge in [0.2, 0.25) is 5.88 Å². The van der Waals surface area contributed by atoms with E-state index < -0.39 is 0 Å². The summed E-state index contributed by atoms with van der Waals surface area (Å²) < 4.78 is 19.3. The zero-order chi connectivity index (χ0) is 24.3. The highest BCUT2D eigenvalue weighted by molar-refractivity contribution is 6.55. The zero-order valence-electron chi connectivity index (χ0n) is 19.3. The number of aromatic nitrogens is 2. The fourth-order valence-electron chi connectivity index (χ4n) is 2.90. The van der Waals surface area contributed by atoms with Crippen molar-refractivity contribution in [1.29, 1.82) is 0 Å². The van der Waals surface area contributed by atoms with Gasteiger partial charge in [0.25, 0.3) is 0 Å². The lowest BCUT2D eigenvalue weighted by Crippen LogP contribution is -1.97. The second-order valence-corrected chi connectivity index (χ2v) is 8.31. The first-order valence-electron chi connectivity index (χ1n) is 10.8. The van der Waals surface area contributed by atoms with Gasteiger partial charge in [-0.15, -0.1) is 0 Å². The molecule has 0 aliphatic rings. The van der Waals surface area contributed by atoms with E-state index in [4.69, 9.17) is 42.3 Å². The van der Waals surface area contributed by atoms with Crippen LogP contribution in [-0.4, -0.2) is 29.2 Å². The molecule has 1 aromatic heterocycles. The van der Waals surface area contributed by atoms with Crippen LogP contribution in [0.15, 0.2) is 64.3 Å². The molecule has 0 amide bonds. The predicted molar refractivity (Wildman–Crippen MR) is 135 cm³/mol. The molecule has 0 aliphatic carbocycles. The van der Waals surface area contributed by atoms with Gasteiger partial charge in [-0.3, -0.25) is 0 Å². The third kappa shape index (κ3) is 7.71. The molecule has 180 valence electrons. The van der Waals surface area contributed by atoms with Crippen LogP contribution >= 0.6 is 23.2 Å². The van der Waals surface area contributed by atoms with Crippen LogP contribution in [-0.2, 0) is 11.9 Å². The Morgan fingerprint density at radius 3 is 2.15 bits per heavy atom. The Bertz CT molecular complexity index is 1110. The van der Waals surface area contributed by atoms with Gasteiger partial charge in [0.1, 0.15) is 40.7 Å². The maximum Gasteiger partial charge on any atom is 0.226 e. The van der Waals surface area contributed by atoms with Crippen molar-refractivity contribution in [3.8, 4) is 28.9 Å². The molecule has 0 saturated heterocycles. The molecule has 0 unspecified atom stereocenters. The van der Waals surface area contributed by atoms with Gasteiger partial charge >= 0.3 is 0 Å². The fraction of sp³-hybridized carbons (Fsp3) is 0.280. The van der Waals surface area contributed by atoms with E-state index >= 15 is 0 Å². The van der Waals surface area contributed by atoms with Gasteiger partial charge in [0.15, 0.2) is 0 Å². The summed E-state index contributed by atoms with van der Waals surface area (Å²) in [5.74, 6) is 3.26. The van der Waals surface area contributed by atoms with Crippen LogP contribution in [0.25, 0.3) is 0 Å². The number of aryl methyl sites for hydroxylation is 2. The number of halogens is 2. The summed E-state index contributed by atoms with van der Waals surface area (Å²) in [5, 5.41) is 8.47. The molecular weight excluding hydrogens is 477 g/mol. The average molecular weight is 504 g/mol. The number of hydrogen-bond acceptors (Lipinski definition) is 6. The lowest BCUT2D eigenvalue weighted by Gasteiger charge is -2.10. The molecule has 34 heavy (non-hydrogen) atoms. The molecule has 3 aromatic rings. The van der Waals surface area contributed by atoms with Gasteiger partial charge in [-0.05, 0) is 68.0 Å². The standard InChI is InChI=1S/C25H27Cl2N3O4/c1-4-5-15-32-28-17-23-18(2)29-30(3)25(23)34-22-12-10-21(11-13-22)33-20-8-6-19(7-9-20)31-16-14-24(26)27/h6-14,17H,4-5,15-16H2,1-3H3. The number of unbranched alkanes of at least 4 members (excludes halogenated alkanes) is 1. The summed E-state index contributed by atoms with van der Waals surface area (Å²) in [6.45, 7) is 4.88. The van der Waals surface area contributed by atoms with Gasteiger partial charge < -0.3 is 19.0 Å². The van der Waals surface area contributed by atoms with Gasteiger partial charge in [-0.2, -0.15) is 5.10 Å². The third-order valence-corrected chi connectivity index (χ3v) is 4.95. The van der Waals surface area contributed by atoms with E-state index in [0.717, 1.165) is 24.1 Å². The van der Waals surface area contributed by atoms with Crippen molar-refractivity contribution in [2.75, 3.05) is 13.2 Å². The van der Waals surface area contributed by atoms with Gasteiger partial charge in [-0.1, -0.05) is 41.7 Å². The Morgan fingerprint density at radius 1 is 0.971 bits per heavy atom. The van der Waals surface area contributed by atoms with Crippen molar-refractivity contribution in [2.24, 2.45) is 12.2 Å². The quantitative estimate of drug-likeness (QED) is 0.149. The molecule has 0 saturated carbocycles. The van der Waals surface area contributed by atoms with Crippen LogP contribution in [0.2, 0.25) is 0 Å². The minimum absolute atomic E-state index is 0.173. The van der Waals surface area contributed by atoms with E-state index in [9.17, 15) is 0 Å². The van der Waals surface area contributed by atoms with Crippen molar-refractivity contribution >= 4 is 29.4 Å². The van der Waals surface area contributed by atoms with Crippen molar-refractivity contribution < 1.29 is 19.0 Å². The van der Waals surface area contributed by atoms with Crippen LogP contribution < -0.4 is 14.2 Å². The number of ether oxygens (including phenoxy) is 3. The molecule has 0 fully saturated rings. The molecule has 0 atom stereocenters. The maximum absolute atomic E-state index is 6.07. The molecule has 0 bridgehead atoms. The van der Waals surface area contributed by atoms with Gasteiger partial charge in [0.05, 0.1) is 17.5 Å². The maximum atomic E-state index is 6.07. The number of hydrogen-bond donors (Lipinski definition) is 0. The van der Waals surface area contributed by atoms with E-state index in [1.807, 2.05) is 62.5 Å². The summed E-state index contributed by atoms with van der Waals surface area (Å²) >= 11 is 11.1. The molecule has 7 nitrogen and oxygen atoms in total. The van der Waals surface area contributed by atoms with Crippen LogP contribution in [0.1, 0.15) is 31.0 Å². The van der Waals surface area contributed by atoms with Gasteiger partial charge in [-0.25, -0.2) is 4.68 Å². The van der Waals surface area contributed by atoms with Crippen LogP contribution in [0, 0.1) is 6.92 Å². The fourth-order valence-corrected chi connectivity index (χ4v) is 3.03. The summed E-state index contributed by atoms with van der Waals surface area (Å²) in [7, 11) is 1.82. The molecule has 9 heteroatoms. The Morgan fingerprint density at radius 2 is 1.56 bits per heavy atom. The third-order valence-electron chi connectivity index (χ3n) is 4.64. The normalized spacial score (nSPS) is 10.9. The van der Waals surface area contributed by atoms with E-state index in [2.05, 4.69) is 17.2 Å². The van der Waals surface area contributed by atoms with E-state index in [1.165, 1.54) is 0 Å². The first-order chi connectivity index (χ1) is 16.5. The van der Waals surface area contributed by atoms with Crippen LogP contribution in [0.4, 0.5) is 0 Å². The SMILES string of the molecule is CCCCON=Cc1c(C)nn(C)c1Oc1ccc(Oc2ccc(OCC=C(Cl)Cl)cc2)cc1. The Kier molecular flexibility index (Phi) is 9.67. The molecule has 0 radical (unpaired) electrons. The highest BCUT2D eigenvalue weighted by Crippen LogP contribution is 2.29. The molecule has 3 rings (SSSR count). The number of oxime groups is 1. The summed E-state index contributed by atoms with van der Waals surface area (Å²) in [4.78, 5) is 5.30. The second kappa shape index (κ2) is 12.9. The largest absolute Gasteiger partial charge is 0.489 e. The zero-order valence-corrected chi connectivity index (χ0v) is 20.8. The molecule has 0 N–H and O–H groups in total. The number of benzene rings is 2. The van der Waals surface area contributed by atoms with E-state index in [1.54, 1.807) is 17.0 Å². The monoisotopic (exact) mass is 503 g/mol. The number of rotatable bonds is 12. The van der Waals surface area contributed by atoms with Crippen molar-refractivity contribution in [3.63, 3.8) is 0 Å². The molecule has 0 spiro atoms. The molecule has 0 aliphatic heterocycles. The van der Waals surface area contributed by atoms with Crippen molar-refractivity contribution in [3.05, 3.63) is 70.4 Å². The minimum atomic E-state index is 0.173. The second-order valence-electron chi connectivity index (χ2n) is 7.30. The average Bonchev–Trinajstić information content (AvgIpc) is 3.08.